The molecule has 0 radical (unpaired) electrons. The summed E-state index contributed by atoms with van der Waals surface area (Å²) in [6.07, 6.45) is 0. The number of hydrogen-bond donors (Lipinski definition) is 0. The van der Waals surface area contributed by atoms with Gasteiger partial charge >= 0.3 is 10.1 Å². The first-order valence-electron chi connectivity index (χ1n) is 6.57. The van der Waals surface area contributed by atoms with Crippen molar-refractivity contribution < 1.29 is 12.6 Å². The normalized spacial score (nSPS) is 11.7. The molecule has 0 saturated heterocycles. The van der Waals surface area contributed by atoms with Crippen molar-refractivity contribution in [2.24, 2.45) is 0 Å². The number of thiophene rings is 1. The molecule has 0 aliphatic heterocycles. The summed E-state index contributed by atoms with van der Waals surface area (Å²) in [6, 6.07) is 15.5. The Kier molecular flexibility index (Phi) is 3.69. The highest BCUT2D eigenvalue weighted by Gasteiger charge is 2.09. The van der Waals surface area contributed by atoms with Gasteiger partial charge < -0.3 is 4.18 Å². The molecule has 0 aliphatic rings. The third-order valence-corrected chi connectivity index (χ3v) is 5.27. The molecule has 5 heteroatoms. The summed E-state index contributed by atoms with van der Waals surface area (Å²) in [6.45, 7) is 1.56. The summed E-state index contributed by atoms with van der Waals surface area (Å²) in [5, 5.41) is 3.28. The predicted octanol–water partition coefficient (Wildman–Crippen LogP) is 4.30. The van der Waals surface area contributed by atoms with Gasteiger partial charge in [0.15, 0.2) is 0 Å². The molecule has 3 rings (SSSR count). The summed E-state index contributed by atoms with van der Waals surface area (Å²) in [5.41, 5.74) is 2.13. The van der Waals surface area contributed by atoms with Gasteiger partial charge in [0.2, 0.25) is 0 Å². The van der Waals surface area contributed by atoms with Crippen LogP contribution in [-0.4, -0.2) is 14.2 Å². The lowest BCUT2D eigenvalue weighted by Gasteiger charge is -2.06. The molecule has 1 aromatic heterocycles. The van der Waals surface area contributed by atoms with Gasteiger partial charge in [0.05, 0.1) is 5.75 Å². The molecule has 1 heterocycles. The van der Waals surface area contributed by atoms with E-state index in [4.69, 9.17) is 4.18 Å². The molecule has 108 valence electrons. The average Bonchev–Trinajstić information content (AvgIpc) is 2.95. The number of hydrogen-bond acceptors (Lipinski definition) is 4. The molecule has 0 unspecified atom stereocenters. The maximum Gasteiger partial charge on any atom is 0.308 e. The first-order valence-corrected chi connectivity index (χ1v) is 9.03. The van der Waals surface area contributed by atoms with Gasteiger partial charge in [-0.2, -0.15) is 8.42 Å². The van der Waals surface area contributed by atoms with Crippen LogP contribution < -0.4 is 4.18 Å². The van der Waals surface area contributed by atoms with Gasteiger partial charge in [-0.15, -0.1) is 11.3 Å². The zero-order valence-electron chi connectivity index (χ0n) is 11.4. The SMILES string of the molecule is CCS(=O)(=O)Oc1ccc(-c2ccc3sccc3c2)cc1. The Labute approximate surface area is 127 Å². The van der Waals surface area contributed by atoms with E-state index in [-0.39, 0.29) is 5.75 Å². The first-order chi connectivity index (χ1) is 10.1. The quantitative estimate of drug-likeness (QED) is 0.674. The van der Waals surface area contributed by atoms with Crippen LogP contribution in [0, 0.1) is 0 Å². The highest BCUT2D eigenvalue weighted by molar-refractivity contribution is 7.87. The minimum atomic E-state index is -3.47. The van der Waals surface area contributed by atoms with E-state index in [1.54, 1.807) is 30.4 Å². The van der Waals surface area contributed by atoms with Gasteiger partial charge in [0, 0.05) is 4.70 Å². The molecule has 0 aliphatic carbocycles. The summed E-state index contributed by atoms with van der Waals surface area (Å²) in [7, 11) is -3.47. The largest absolute Gasteiger partial charge is 0.382 e. The van der Waals surface area contributed by atoms with Gasteiger partial charge in [-0.05, 0) is 59.1 Å². The van der Waals surface area contributed by atoms with E-state index in [1.165, 1.54) is 10.1 Å². The Balaban J connectivity index is 1.89. The van der Waals surface area contributed by atoms with Crippen LogP contribution >= 0.6 is 11.3 Å². The lowest BCUT2D eigenvalue weighted by Crippen LogP contribution is -2.11. The van der Waals surface area contributed by atoms with Crippen molar-refractivity contribution in [1.29, 1.82) is 0 Å². The molecule has 0 bridgehead atoms. The minimum absolute atomic E-state index is 0.0381. The van der Waals surface area contributed by atoms with Crippen molar-refractivity contribution in [2.45, 2.75) is 6.92 Å². The maximum absolute atomic E-state index is 11.4. The van der Waals surface area contributed by atoms with Gasteiger partial charge in [0.25, 0.3) is 0 Å². The fourth-order valence-corrected chi connectivity index (χ4v) is 3.35. The smallest absolute Gasteiger partial charge is 0.308 e. The van der Waals surface area contributed by atoms with Crippen LogP contribution in [0.1, 0.15) is 6.92 Å². The van der Waals surface area contributed by atoms with Crippen LogP contribution in [0.5, 0.6) is 5.75 Å². The van der Waals surface area contributed by atoms with E-state index in [2.05, 4.69) is 29.6 Å². The molecule has 0 atom stereocenters. The fourth-order valence-electron chi connectivity index (χ4n) is 2.05. The van der Waals surface area contributed by atoms with Crippen LogP contribution in [0.2, 0.25) is 0 Å². The van der Waals surface area contributed by atoms with Crippen molar-refractivity contribution in [3.05, 3.63) is 53.9 Å². The topological polar surface area (TPSA) is 43.4 Å². The van der Waals surface area contributed by atoms with E-state index >= 15 is 0 Å². The molecule has 0 N–H and O–H groups in total. The molecule has 3 aromatic rings. The molecule has 0 amide bonds. The molecular weight excluding hydrogens is 304 g/mol. The third kappa shape index (κ3) is 3.09. The summed E-state index contributed by atoms with van der Waals surface area (Å²) in [5.74, 6) is 0.307. The highest BCUT2D eigenvalue weighted by Crippen LogP contribution is 2.28. The highest BCUT2D eigenvalue weighted by atomic mass is 32.2. The lowest BCUT2D eigenvalue weighted by molar-refractivity contribution is 0.487. The molecule has 0 fully saturated rings. The van der Waals surface area contributed by atoms with Gasteiger partial charge in [-0.25, -0.2) is 0 Å². The van der Waals surface area contributed by atoms with E-state index in [0.717, 1.165) is 11.1 Å². The van der Waals surface area contributed by atoms with Crippen LogP contribution in [0.4, 0.5) is 0 Å². The number of rotatable bonds is 4. The summed E-state index contributed by atoms with van der Waals surface area (Å²) in [4.78, 5) is 0. The Bertz CT molecular complexity index is 862. The van der Waals surface area contributed by atoms with E-state index in [9.17, 15) is 8.42 Å². The van der Waals surface area contributed by atoms with Crippen molar-refractivity contribution >= 4 is 31.5 Å². The summed E-state index contributed by atoms with van der Waals surface area (Å²) < 4.78 is 29.1. The minimum Gasteiger partial charge on any atom is -0.382 e. The second-order valence-electron chi connectivity index (χ2n) is 4.63. The molecule has 0 spiro atoms. The molecule has 3 nitrogen and oxygen atoms in total. The second kappa shape index (κ2) is 5.50. The van der Waals surface area contributed by atoms with Crippen LogP contribution in [0.25, 0.3) is 21.2 Å². The number of fused-ring (bicyclic) bond motifs is 1. The van der Waals surface area contributed by atoms with E-state index < -0.39 is 10.1 Å². The average molecular weight is 318 g/mol. The first kappa shape index (κ1) is 14.1. The van der Waals surface area contributed by atoms with Crippen molar-refractivity contribution in [1.82, 2.24) is 0 Å². The fraction of sp³-hybridized carbons (Fsp3) is 0.125. The van der Waals surface area contributed by atoms with Crippen molar-refractivity contribution in [3.63, 3.8) is 0 Å². The Morgan fingerprint density at radius 2 is 1.71 bits per heavy atom. The Hall–Kier alpha value is -1.85. The third-order valence-electron chi connectivity index (χ3n) is 3.22. The molecule has 0 saturated carbocycles. The van der Waals surface area contributed by atoms with Gasteiger partial charge in [-0.3, -0.25) is 0 Å². The van der Waals surface area contributed by atoms with E-state index in [1.807, 2.05) is 12.1 Å². The maximum atomic E-state index is 11.4. The van der Waals surface area contributed by atoms with Crippen molar-refractivity contribution in [3.8, 4) is 16.9 Å². The standard InChI is InChI=1S/C16H14O3S2/c1-2-21(17,18)19-15-6-3-12(4-7-15)13-5-8-16-14(11-13)9-10-20-16/h3-11H,2H2,1H3. The van der Waals surface area contributed by atoms with E-state index in [0.29, 0.717) is 5.75 Å². The van der Waals surface area contributed by atoms with Gasteiger partial charge in [-0.1, -0.05) is 18.2 Å². The number of benzene rings is 2. The lowest BCUT2D eigenvalue weighted by atomic mass is 10.0. The Morgan fingerprint density at radius 3 is 2.43 bits per heavy atom. The van der Waals surface area contributed by atoms with Crippen LogP contribution in [0.15, 0.2) is 53.9 Å². The Morgan fingerprint density at radius 1 is 1.00 bits per heavy atom. The predicted molar refractivity (Wildman–Crippen MR) is 87.3 cm³/mol. The monoisotopic (exact) mass is 318 g/mol. The summed E-state index contributed by atoms with van der Waals surface area (Å²) >= 11 is 1.72. The molecular formula is C16H14O3S2. The molecule has 21 heavy (non-hydrogen) atoms. The van der Waals surface area contributed by atoms with Gasteiger partial charge in [0.1, 0.15) is 5.75 Å². The second-order valence-corrected chi connectivity index (χ2v) is 7.43. The zero-order valence-corrected chi connectivity index (χ0v) is 13.1. The van der Waals surface area contributed by atoms with Crippen LogP contribution in [-0.2, 0) is 10.1 Å². The zero-order chi connectivity index (χ0) is 14.9. The van der Waals surface area contributed by atoms with Crippen molar-refractivity contribution in [2.75, 3.05) is 5.75 Å². The molecule has 2 aromatic carbocycles. The van der Waals surface area contributed by atoms with Crippen LogP contribution in [0.3, 0.4) is 0 Å².